The smallest absolute Gasteiger partial charge is 0.264 e. The quantitative estimate of drug-likeness (QED) is 0.170. The first kappa shape index (κ1) is 23.4. The second-order valence-electron chi connectivity index (χ2n) is 6.45. The Morgan fingerprint density at radius 1 is 1.25 bits per heavy atom. The topological polar surface area (TPSA) is 129 Å². The molecule has 0 saturated heterocycles. The molecule has 12 heteroatoms. The van der Waals surface area contributed by atoms with Gasteiger partial charge in [0, 0.05) is 15.7 Å². The minimum atomic E-state index is -0.194. The lowest BCUT2D eigenvalue weighted by Gasteiger charge is -2.09. The van der Waals surface area contributed by atoms with Crippen molar-refractivity contribution in [1.82, 2.24) is 14.9 Å². The molecule has 0 spiro atoms. The van der Waals surface area contributed by atoms with Gasteiger partial charge in [-0.05, 0) is 48.9 Å². The number of hydrogen-bond donors (Lipinski definition) is 3. The highest BCUT2D eigenvalue weighted by Crippen LogP contribution is 2.23. The molecule has 1 amide bonds. The second kappa shape index (κ2) is 10.9. The van der Waals surface area contributed by atoms with Crippen molar-refractivity contribution in [2.45, 2.75) is 12.1 Å². The summed E-state index contributed by atoms with van der Waals surface area (Å²) < 4.78 is 12.6. The lowest BCUT2D eigenvalue weighted by Crippen LogP contribution is -2.17. The number of carbonyl (C=O) groups excluding carboxylic acids is 1. The molecule has 4 N–H and O–H groups in total. The summed E-state index contributed by atoms with van der Waals surface area (Å²) in [5.41, 5.74) is 5.11. The fraction of sp³-hybridized carbons (Fsp3) is 0.200. The van der Waals surface area contributed by atoms with Crippen LogP contribution in [-0.4, -0.2) is 47.0 Å². The van der Waals surface area contributed by atoms with Crippen molar-refractivity contribution < 1.29 is 14.3 Å². The molecule has 0 aliphatic rings. The van der Waals surface area contributed by atoms with Gasteiger partial charge in [0.25, 0.3) is 5.95 Å². The van der Waals surface area contributed by atoms with Crippen molar-refractivity contribution >= 4 is 51.4 Å². The lowest BCUT2D eigenvalue weighted by molar-refractivity contribution is -0.113. The van der Waals surface area contributed by atoms with Gasteiger partial charge < -0.3 is 20.6 Å². The van der Waals surface area contributed by atoms with Gasteiger partial charge in [-0.1, -0.05) is 27.7 Å². The van der Waals surface area contributed by atoms with Crippen LogP contribution in [0.5, 0.6) is 11.5 Å². The number of rotatable bonds is 9. The highest BCUT2D eigenvalue weighted by atomic mass is 79.9. The van der Waals surface area contributed by atoms with Crippen LogP contribution >= 0.6 is 27.7 Å². The first-order valence-corrected chi connectivity index (χ1v) is 11.1. The molecule has 3 aromatic rings. The van der Waals surface area contributed by atoms with Gasteiger partial charge in [-0.2, -0.15) is 5.10 Å². The Kier molecular flexibility index (Phi) is 7.95. The summed E-state index contributed by atoms with van der Waals surface area (Å²) in [5.74, 6) is 7.55. The number of halogens is 1. The number of nitrogens with two attached hydrogens (primary N) is 1. The summed E-state index contributed by atoms with van der Waals surface area (Å²) in [6, 6.07) is 11.0. The zero-order valence-corrected chi connectivity index (χ0v) is 20.0. The molecule has 0 radical (unpaired) electrons. The molecule has 0 aliphatic carbocycles. The number of methoxy groups -OCH3 is 2. The average Bonchev–Trinajstić information content (AvgIpc) is 3.13. The molecular weight excluding hydrogens is 498 g/mol. The van der Waals surface area contributed by atoms with E-state index in [1.165, 1.54) is 4.68 Å². The molecule has 0 atom stereocenters. The molecule has 0 unspecified atom stereocenters. The van der Waals surface area contributed by atoms with Gasteiger partial charge in [-0.3, -0.25) is 4.79 Å². The van der Waals surface area contributed by atoms with E-state index in [0.717, 1.165) is 33.1 Å². The normalized spacial score (nSPS) is 10.9. The SMILES string of the molecule is COc1ccc(NC(=O)CSc2nnc(N/N=C/c3cc(Br)ccc3OC)n2N)c(C)c1. The summed E-state index contributed by atoms with van der Waals surface area (Å²) in [5, 5.41) is 15.3. The third-order valence-electron chi connectivity index (χ3n) is 4.26. The fourth-order valence-corrected chi connectivity index (χ4v) is 3.67. The van der Waals surface area contributed by atoms with Crippen molar-refractivity contribution in [3.63, 3.8) is 0 Å². The molecule has 3 rings (SSSR count). The lowest BCUT2D eigenvalue weighted by atomic mass is 10.2. The number of benzene rings is 2. The number of aryl methyl sites for hydroxylation is 1. The molecule has 10 nitrogen and oxygen atoms in total. The predicted octanol–water partition coefficient (Wildman–Crippen LogP) is 3.26. The molecule has 168 valence electrons. The van der Waals surface area contributed by atoms with E-state index in [1.54, 1.807) is 32.6 Å². The van der Waals surface area contributed by atoms with Crippen LogP contribution in [0.4, 0.5) is 11.6 Å². The largest absolute Gasteiger partial charge is 0.497 e. The highest BCUT2D eigenvalue weighted by molar-refractivity contribution is 9.10. The number of nitrogen functional groups attached to an aromatic ring is 1. The van der Waals surface area contributed by atoms with Crippen molar-refractivity contribution in [3.8, 4) is 11.5 Å². The van der Waals surface area contributed by atoms with E-state index in [-0.39, 0.29) is 17.6 Å². The number of amides is 1. The predicted molar refractivity (Wildman–Crippen MR) is 129 cm³/mol. The Hall–Kier alpha value is -3.25. The average molecular weight is 520 g/mol. The van der Waals surface area contributed by atoms with Gasteiger partial charge in [0.15, 0.2) is 0 Å². The molecule has 0 fully saturated rings. The van der Waals surface area contributed by atoms with Gasteiger partial charge in [0.05, 0.1) is 26.2 Å². The van der Waals surface area contributed by atoms with Crippen molar-refractivity contribution in [2.24, 2.45) is 5.10 Å². The maximum atomic E-state index is 12.3. The highest BCUT2D eigenvalue weighted by Gasteiger charge is 2.13. The Morgan fingerprint density at radius 2 is 2.06 bits per heavy atom. The minimum Gasteiger partial charge on any atom is -0.497 e. The maximum Gasteiger partial charge on any atom is 0.264 e. The van der Waals surface area contributed by atoms with E-state index < -0.39 is 0 Å². The van der Waals surface area contributed by atoms with E-state index in [0.29, 0.717) is 16.6 Å². The van der Waals surface area contributed by atoms with Crippen LogP contribution < -0.4 is 26.1 Å². The zero-order valence-electron chi connectivity index (χ0n) is 17.6. The van der Waals surface area contributed by atoms with Gasteiger partial charge in [0.2, 0.25) is 11.1 Å². The molecule has 2 aromatic carbocycles. The molecule has 0 bridgehead atoms. The Labute approximate surface area is 197 Å². The third-order valence-corrected chi connectivity index (χ3v) is 5.70. The molecule has 32 heavy (non-hydrogen) atoms. The van der Waals surface area contributed by atoms with Gasteiger partial charge >= 0.3 is 0 Å². The molecule has 0 aliphatic heterocycles. The van der Waals surface area contributed by atoms with Crippen molar-refractivity contribution in [2.75, 3.05) is 36.6 Å². The van der Waals surface area contributed by atoms with Crippen LogP contribution in [0.3, 0.4) is 0 Å². The molecular formula is C20H22BrN7O3S. The molecule has 1 heterocycles. The van der Waals surface area contributed by atoms with E-state index in [9.17, 15) is 4.79 Å². The Bertz CT molecular complexity index is 1140. The number of nitrogens with one attached hydrogen (secondary N) is 2. The monoisotopic (exact) mass is 519 g/mol. The van der Waals surface area contributed by atoms with E-state index in [2.05, 4.69) is 42.0 Å². The standard InChI is InChI=1S/C20H22BrN7O3S/c1-12-8-15(30-2)5-6-16(12)24-18(29)11-32-20-27-26-19(28(20)22)25-23-10-13-9-14(21)4-7-17(13)31-3/h4-10H,11,22H2,1-3H3,(H,24,29)(H,25,26)/b23-10+. The third kappa shape index (κ3) is 5.92. The number of carbonyl (C=O) groups is 1. The van der Waals surface area contributed by atoms with Crippen LogP contribution in [0, 0.1) is 6.92 Å². The Morgan fingerprint density at radius 3 is 2.78 bits per heavy atom. The van der Waals surface area contributed by atoms with Crippen LogP contribution in [0.15, 0.2) is 51.1 Å². The number of hydrazone groups is 1. The van der Waals surface area contributed by atoms with Crippen molar-refractivity contribution in [3.05, 3.63) is 52.0 Å². The number of hydrogen-bond acceptors (Lipinski definition) is 9. The van der Waals surface area contributed by atoms with Crippen LogP contribution in [0.2, 0.25) is 0 Å². The van der Waals surface area contributed by atoms with E-state index >= 15 is 0 Å². The number of nitrogens with zero attached hydrogens (tertiary/aromatic N) is 4. The summed E-state index contributed by atoms with van der Waals surface area (Å²) in [6.45, 7) is 1.89. The number of thioether (sulfide) groups is 1. The number of anilines is 2. The van der Waals surface area contributed by atoms with Crippen LogP contribution in [0.25, 0.3) is 0 Å². The maximum absolute atomic E-state index is 12.3. The fourth-order valence-electron chi connectivity index (χ4n) is 2.64. The van der Waals surface area contributed by atoms with Gasteiger partial charge in [-0.25, -0.2) is 10.1 Å². The minimum absolute atomic E-state index is 0.110. The van der Waals surface area contributed by atoms with Crippen LogP contribution in [0.1, 0.15) is 11.1 Å². The second-order valence-corrected chi connectivity index (χ2v) is 8.31. The van der Waals surface area contributed by atoms with E-state index in [4.69, 9.17) is 15.3 Å². The number of aromatic nitrogens is 3. The summed E-state index contributed by atoms with van der Waals surface area (Å²) in [7, 11) is 3.18. The van der Waals surface area contributed by atoms with Gasteiger partial charge in [0.1, 0.15) is 11.5 Å². The summed E-state index contributed by atoms with van der Waals surface area (Å²) >= 11 is 4.57. The number of ether oxygens (including phenoxy) is 2. The van der Waals surface area contributed by atoms with Crippen molar-refractivity contribution in [1.29, 1.82) is 0 Å². The first-order chi connectivity index (χ1) is 15.4. The van der Waals surface area contributed by atoms with E-state index in [1.807, 2.05) is 31.2 Å². The zero-order chi connectivity index (χ0) is 23.1. The summed E-state index contributed by atoms with van der Waals surface area (Å²) in [4.78, 5) is 12.3. The summed E-state index contributed by atoms with van der Waals surface area (Å²) in [6.07, 6.45) is 1.58. The Balaban J connectivity index is 1.57. The first-order valence-electron chi connectivity index (χ1n) is 9.31. The molecule has 1 aromatic heterocycles. The molecule has 0 saturated carbocycles. The van der Waals surface area contributed by atoms with Crippen LogP contribution in [-0.2, 0) is 4.79 Å². The van der Waals surface area contributed by atoms with Gasteiger partial charge in [-0.15, -0.1) is 10.2 Å².